The van der Waals surface area contributed by atoms with Crippen molar-refractivity contribution in [1.29, 1.82) is 0 Å². The van der Waals surface area contributed by atoms with Gasteiger partial charge in [-0.05, 0) is 18.7 Å². The standard InChI is InChI=1S/C18H22N8OS/c1-3-23-8-10-24(11-9-23)15(27)12-28-18-20-19-16-25-14-7-5-4-6-13(14)22(2)17(25)21-26(16)18/h4-7H,3,8-12H2,1-2H3. The number of amides is 1. The Balaban J connectivity index is 1.38. The number of nitrogens with zero attached hydrogens (tertiary/aromatic N) is 8. The average molecular weight is 398 g/mol. The summed E-state index contributed by atoms with van der Waals surface area (Å²) in [6, 6.07) is 8.12. The minimum Gasteiger partial charge on any atom is -0.339 e. The first-order valence-electron chi connectivity index (χ1n) is 9.47. The van der Waals surface area contributed by atoms with E-state index in [0.717, 1.165) is 49.5 Å². The summed E-state index contributed by atoms with van der Waals surface area (Å²) in [6.45, 7) is 6.67. The van der Waals surface area contributed by atoms with Gasteiger partial charge in [0.05, 0.1) is 16.8 Å². The molecule has 0 aliphatic carbocycles. The molecule has 10 heteroatoms. The molecule has 0 spiro atoms. The second kappa shape index (κ2) is 6.78. The molecule has 1 aromatic carbocycles. The van der Waals surface area contributed by atoms with Gasteiger partial charge in [-0.3, -0.25) is 4.79 Å². The number of fused-ring (bicyclic) bond motifs is 5. The molecule has 4 aromatic rings. The lowest BCUT2D eigenvalue weighted by atomic mass is 10.3. The van der Waals surface area contributed by atoms with Crippen molar-refractivity contribution in [3.63, 3.8) is 0 Å². The number of likely N-dealkylation sites (N-methyl/N-ethyl adjacent to an activating group) is 1. The van der Waals surface area contributed by atoms with E-state index in [4.69, 9.17) is 0 Å². The van der Waals surface area contributed by atoms with E-state index in [-0.39, 0.29) is 5.91 Å². The highest BCUT2D eigenvalue weighted by atomic mass is 32.2. The van der Waals surface area contributed by atoms with Crippen LogP contribution in [0.1, 0.15) is 6.92 Å². The number of benzene rings is 1. The summed E-state index contributed by atoms with van der Waals surface area (Å²) in [7, 11) is 1.99. The van der Waals surface area contributed by atoms with E-state index in [2.05, 4.69) is 33.2 Å². The van der Waals surface area contributed by atoms with Gasteiger partial charge in [0.15, 0.2) is 0 Å². The van der Waals surface area contributed by atoms with Crippen LogP contribution in [0.5, 0.6) is 0 Å². The number of carbonyl (C=O) groups excluding carboxylic acids is 1. The van der Waals surface area contributed by atoms with Gasteiger partial charge in [-0.2, -0.15) is 4.52 Å². The molecule has 146 valence electrons. The monoisotopic (exact) mass is 398 g/mol. The third-order valence-electron chi connectivity index (χ3n) is 5.47. The molecule has 1 saturated heterocycles. The second-order valence-corrected chi connectivity index (χ2v) is 7.92. The lowest BCUT2D eigenvalue weighted by molar-refractivity contribution is -0.130. The molecule has 1 fully saturated rings. The van der Waals surface area contributed by atoms with Crippen molar-refractivity contribution in [1.82, 2.24) is 38.6 Å². The molecule has 1 amide bonds. The minimum atomic E-state index is 0.145. The van der Waals surface area contributed by atoms with Crippen LogP contribution in [-0.2, 0) is 11.8 Å². The van der Waals surface area contributed by atoms with Crippen molar-refractivity contribution in [3.8, 4) is 0 Å². The summed E-state index contributed by atoms with van der Waals surface area (Å²) in [5, 5.41) is 13.9. The molecular weight excluding hydrogens is 376 g/mol. The maximum Gasteiger partial charge on any atom is 0.260 e. The Labute approximate surface area is 165 Å². The number of imidazole rings is 1. The third-order valence-corrected chi connectivity index (χ3v) is 6.37. The topological polar surface area (TPSA) is 76.0 Å². The van der Waals surface area contributed by atoms with Gasteiger partial charge in [0.25, 0.3) is 5.78 Å². The van der Waals surface area contributed by atoms with Crippen LogP contribution in [0, 0.1) is 0 Å². The fraction of sp³-hybridized carbons (Fsp3) is 0.444. The Morgan fingerprint density at radius 1 is 1.07 bits per heavy atom. The van der Waals surface area contributed by atoms with Crippen LogP contribution in [0.2, 0.25) is 0 Å². The molecule has 0 bridgehead atoms. The molecule has 3 aromatic heterocycles. The molecule has 1 aliphatic rings. The van der Waals surface area contributed by atoms with Crippen LogP contribution in [0.4, 0.5) is 0 Å². The summed E-state index contributed by atoms with van der Waals surface area (Å²) in [4.78, 5) is 16.9. The Morgan fingerprint density at radius 2 is 1.82 bits per heavy atom. The zero-order chi connectivity index (χ0) is 19.3. The number of thioether (sulfide) groups is 1. The number of hydrogen-bond donors (Lipinski definition) is 0. The van der Waals surface area contributed by atoms with Gasteiger partial charge in [-0.25, -0.2) is 4.40 Å². The first kappa shape index (κ1) is 17.5. The zero-order valence-electron chi connectivity index (χ0n) is 15.9. The van der Waals surface area contributed by atoms with E-state index >= 15 is 0 Å². The zero-order valence-corrected chi connectivity index (χ0v) is 16.8. The average Bonchev–Trinajstić information content (AvgIpc) is 3.38. The van der Waals surface area contributed by atoms with Gasteiger partial charge in [0.1, 0.15) is 0 Å². The van der Waals surface area contributed by atoms with Crippen LogP contribution in [0.15, 0.2) is 29.4 Å². The highest BCUT2D eigenvalue weighted by molar-refractivity contribution is 7.99. The van der Waals surface area contributed by atoms with Gasteiger partial charge in [-0.15, -0.1) is 15.3 Å². The number of aromatic nitrogens is 6. The molecule has 0 atom stereocenters. The van der Waals surface area contributed by atoms with E-state index in [1.54, 1.807) is 4.52 Å². The number of aryl methyl sites for hydroxylation is 1. The second-order valence-electron chi connectivity index (χ2n) is 6.98. The van der Waals surface area contributed by atoms with E-state index in [9.17, 15) is 4.79 Å². The maximum absolute atomic E-state index is 12.6. The van der Waals surface area contributed by atoms with E-state index in [1.165, 1.54) is 11.8 Å². The van der Waals surface area contributed by atoms with Crippen LogP contribution in [0.3, 0.4) is 0 Å². The fourth-order valence-electron chi connectivity index (χ4n) is 3.81. The Hall–Kier alpha value is -2.59. The van der Waals surface area contributed by atoms with Gasteiger partial charge in [-0.1, -0.05) is 30.8 Å². The molecule has 0 radical (unpaired) electrons. The number of para-hydroxylation sites is 2. The summed E-state index contributed by atoms with van der Waals surface area (Å²) in [5.74, 6) is 1.96. The molecule has 0 unspecified atom stereocenters. The quantitative estimate of drug-likeness (QED) is 0.480. The SMILES string of the molecule is CCN1CCN(C(=O)CSc2nnc3n2nc2n(C)c4ccccc4n23)CC1. The first-order valence-corrected chi connectivity index (χ1v) is 10.5. The Morgan fingerprint density at radius 3 is 2.57 bits per heavy atom. The number of hydrogen-bond acceptors (Lipinski definition) is 6. The molecule has 9 nitrogen and oxygen atoms in total. The number of carbonyl (C=O) groups is 1. The van der Waals surface area contributed by atoms with Crippen LogP contribution >= 0.6 is 11.8 Å². The van der Waals surface area contributed by atoms with Gasteiger partial charge in [0, 0.05) is 33.2 Å². The highest BCUT2D eigenvalue weighted by Crippen LogP contribution is 2.24. The van der Waals surface area contributed by atoms with Crippen LogP contribution < -0.4 is 0 Å². The Bertz CT molecular complexity index is 1170. The molecule has 1 aliphatic heterocycles. The summed E-state index contributed by atoms with van der Waals surface area (Å²) in [6.07, 6.45) is 0. The smallest absolute Gasteiger partial charge is 0.260 e. The largest absolute Gasteiger partial charge is 0.339 e. The van der Waals surface area contributed by atoms with Crippen LogP contribution in [-0.4, -0.2) is 83.0 Å². The molecular formula is C18H22N8OS. The van der Waals surface area contributed by atoms with Crippen molar-refractivity contribution in [2.45, 2.75) is 12.1 Å². The Kier molecular flexibility index (Phi) is 4.24. The number of piperazine rings is 1. The van der Waals surface area contributed by atoms with E-state index in [1.807, 2.05) is 39.1 Å². The first-order chi connectivity index (χ1) is 13.7. The van der Waals surface area contributed by atoms with Crippen molar-refractivity contribution in [2.24, 2.45) is 7.05 Å². The fourth-order valence-corrected chi connectivity index (χ4v) is 4.59. The lowest BCUT2D eigenvalue weighted by Gasteiger charge is -2.33. The minimum absolute atomic E-state index is 0.145. The predicted octanol–water partition coefficient (Wildman–Crippen LogP) is 1.12. The van der Waals surface area contributed by atoms with Crippen molar-refractivity contribution >= 4 is 40.3 Å². The summed E-state index contributed by atoms with van der Waals surface area (Å²) < 4.78 is 5.77. The molecule has 4 heterocycles. The molecule has 28 heavy (non-hydrogen) atoms. The van der Waals surface area contributed by atoms with Gasteiger partial charge < -0.3 is 14.4 Å². The van der Waals surface area contributed by atoms with E-state index in [0.29, 0.717) is 16.7 Å². The summed E-state index contributed by atoms with van der Waals surface area (Å²) in [5.41, 5.74) is 2.13. The molecule has 0 saturated carbocycles. The van der Waals surface area contributed by atoms with Crippen molar-refractivity contribution in [3.05, 3.63) is 24.3 Å². The summed E-state index contributed by atoms with van der Waals surface area (Å²) >= 11 is 1.39. The molecule has 0 N–H and O–H groups in total. The van der Waals surface area contributed by atoms with Crippen molar-refractivity contribution < 1.29 is 4.79 Å². The van der Waals surface area contributed by atoms with Gasteiger partial charge >= 0.3 is 0 Å². The van der Waals surface area contributed by atoms with Crippen molar-refractivity contribution in [2.75, 3.05) is 38.5 Å². The van der Waals surface area contributed by atoms with Crippen LogP contribution in [0.25, 0.3) is 22.6 Å². The molecule has 5 rings (SSSR count). The number of rotatable bonds is 4. The van der Waals surface area contributed by atoms with E-state index < -0.39 is 0 Å². The van der Waals surface area contributed by atoms with Gasteiger partial charge in [0.2, 0.25) is 16.8 Å². The lowest BCUT2D eigenvalue weighted by Crippen LogP contribution is -2.49. The normalized spacial score (nSPS) is 16.0. The predicted molar refractivity (Wildman–Crippen MR) is 108 cm³/mol. The third kappa shape index (κ3) is 2.67. The maximum atomic E-state index is 12.6. The highest BCUT2D eigenvalue weighted by Gasteiger charge is 2.22.